The van der Waals surface area contributed by atoms with E-state index in [1.165, 1.54) is 11.0 Å². The van der Waals surface area contributed by atoms with Crippen molar-refractivity contribution in [3.05, 3.63) is 68.7 Å². The first-order chi connectivity index (χ1) is 15.1. The molecule has 0 atom stereocenters. The van der Waals surface area contributed by atoms with Crippen LogP contribution in [0.1, 0.15) is 15.9 Å². The molecule has 0 radical (unpaired) electrons. The monoisotopic (exact) mass is 471 g/mol. The predicted octanol–water partition coefficient (Wildman–Crippen LogP) is 3.77. The highest BCUT2D eigenvalue weighted by Crippen LogP contribution is 2.32. The van der Waals surface area contributed by atoms with Crippen LogP contribution in [0.3, 0.4) is 0 Å². The lowest BCUT2D eigenvalue weighted by Crippen LogP contribution is -2.50. The number of nitro groups is 1. The van der Waals surface area contributed by atoms with Crippen LogP contribution in [-0.2, 0) is 15.7 Å². The lowest BCUT2D eigenvalue weighted by molar-refractivity contribution is -0.384. The number of anilines is 1. The molecule has 0 unspecified atom stereocenters. The van der Waals surface area contributed by atoms with Crippen LogP contribution in [0.2, 0.25) is 5.02 Å². The van der Waals surface area contributed by atoms with Gasteiger partial charge in [-0.1, -0.05) is 17.7 Å². The standard InChI is InChI=1S/C20H17ClF3N3O5/c21-17-11-15(27(30)31)4-5-16(17)19(29)32-12-18(28)26-8-6-25(7-9-26)14-3-1-2-13(10-14)20(22,23)24/h1-5,10-11H,6-9,12H2. The molecule has 1 aliphatic rings. The van der Waals surface area contributed by atoms with Gasteiger partial charge in [0.05, 0.1) is 21.1 Å². The third-order valence-electron chi connectivity index (χ3n) is 4.88. The van der Waals surface area contributed by atoms with Gasteiger partial charge >= 0.3 is 12.1 Å². The van der Waals surface area contributed by atoms with E-state index in [2.05, 4.69) is 0 Å². The minimum Gasteiger partial charge on any atom is -0.452 e. The van der Waals surface area contributed by atoms with Crippen LogP contribution in [0.4, 0.5) is 24.5 Å². The summed E-state index contributed by atoms with van der Waals surface area (Å²) in [7, 11) is 0. The zero-order chi connectivity index (χ0) is 23.5. The predicted molar refractivity (Wildman–Crippen MR) is 109 cm³/mol. The summed E-state index contributed by atoms with van der Waals surface area (Å²) in [5.41, 5.74) is -0.739. The van der Waals surface area contributed by atoms with Gasteiger partial charge in [-0.05, 0) is 24.3 Å². The topological polar surface area (TPSA) is 93.0 Å². The van der Waals surface area contributed by atoms with Crippen LogP contribution in [0.25, 0.3) is 0 Å². The van der Waals surface area contributed by atoms with Crippen LogP contribution in [0.15, 0.2) is 42.5 Å². The molecular formula is C20H17ClF3N3O5. The lowest BCUT2D eigenvalue weighted by Gasteiger charge is -2.36. The van der Waals surface area contributed by atoms with Gasteiger partial charge in [-0.15, -0.1) is 0 Å². The number of halogens is 4. The molecule has 12 heteroatoms. The molecule has 1 fully saturated rings. The van der Waals surface area contributed by atoms with E-state index in [0.717, 1.165) is 30.3 Å². The molecule has 2 aromatic rings. The highest BCUT2D eigenvalue weighted by molar-refractivity contribution is 6.33. The number of esters is 1. The number of hydrogen-bond acceptors (Lipinski definition) is 6. The summed E-state index contributed by atoms with van der Waals surface area (Å²) in [4.78, 5) is 37.7. The highest BCUT2D eigenvalue weighted by Gasteiger charge is 2.31. The molecule has 1 amide bonds. The van der Waals surface area contributed by atoms with E-state index in [9.17, 15) is 32.9 Å². The van der Waals surface area contributed by atoms with Crippen LogP contribution in [0.5, 0.6) is 0 Å². The van der Waals surface area contributed by atoms with Gasteiger partial charge in [-0.3, -0.25) is 14.9 Å². The Kier molecular flexibility index (Phi) is 6.87. The summed E-state index contributed by atoms with van der Waals surface area (Å²) in [6.45, 7) is 0.551. The number of nitro benzene ring substituents is 1. The van der Waals surface area contributed by atoms with Gasteiger partial charge in [0.15, 0.2) is 6.61 Å². The summed E-state index contributed by atoms with van der Waals surface area (Å²) >= 11 is 5.87. The molecule has 32 heavy (non-hydrogen) atoms. The van der Waals surface area contributed by atoms with E-state index in [-0.39, 0.29) is 29.4 Å². The molecule has 0 N–H and O–H groups in total. The largest absolute Gasteiger partial charge is 0.452 e. The maximum Gasteiger partial charge on any atom is 0.416 e. The highest BCUT2D eigenvalue weighted by atomic mass is 35.5. The zero-order valence-corrected chi connectivity index (χ0v) is 17.2. The Morgan fingerprint density at radius 3 is 2.38 bits per heavy atom. The van der Waals surface area contributed by atoms with Crippen molar-refractivity contribution in [3.63, 3.8) is 0 Å². The van der Waals surface area contributed by atoms with Crippen LogP contribution < -0.4 is 4.90 Å². The number of alkyl halides is 3. The van der Waals surface area contributed by atoms with E-state index >= 15 is 0 Å². The van der Waals surface area contributed by atoms with Crippen molar-refractivity contribution >= 4 is 34.9 Å². The van der Waals surface area contributed by atoms with Crippen LogP contribution >= 0.6 is 11.6 Å². The maximum absolute atomic E-state index is 12.9. The first-order valence-electron chi connectivity index (χ1n) is 9.37. The fourth-order valence-electron chi connectivity index (χ4n) is 3.17. The smallest absolute Gasteiger partial charge is 0.416 e. The number of ether oxygens (including phenoxy) is 1. The second-order valence-corrected chi connectivity index (χ2v) is 7.32. The quantitative estimate of drug-likeness (QED) is 0.374. The van der Waals surface area contributed by atoms with Crippen molar-refractivity contribution < 1.29 is 32.4 Å². The first-order valence-corrected chi connectivity index (χ1v) is 9.75. The van der Waals surface area contributed by atoms with Gasteiger partial charge in [-0.2, -0.15) is 13.2 Å². The van der Waals surface area contributed by atoms with Crippen LogP contribution in [-0.4, -0.2) is 54.5 Å². The summed E-state index contributed by atoms with van der Waals surface area (Å²) in [5.74, 6) is -1.37. The number of amides is 1. The van der Waals surface area contributed by atoms with Gasteiger partial charge in [0.25, 0.3) is 11.6 Å². The molecule has 0 aromatic heterocycles. The van der Waals surface area contributed by atoms with Gasteiger partial charge in [-0.25, -0.2) is 4.79 Å². The van der Waals surface area contributed by atoms with Crippen molar-refractivity contribution in [2.75, 3.05) is 37.7 Å². The van der Waals surface area contributed by atoms with Gasteiger partial charge in [0.2, 0.25) is 0 Å². The minimum absolute atomic E-state index is 0.112. The molecule has 1 saturated heterocycles. The average molecular weight is 472 g/mol. The van der Waals surface area contributed by atoms with Crippen molar-refractivity contribution in [3.8, 4) is 0 Å². The van der Waals surface area contributed by atoms with E-state index < -0.39 is 35.1 Å². The number of carbonyl (C=O) groups is 2. The average Bonchev–Trinajstić information content (AvgIpc) is 2.76. The minimum atomic E-state index is -4.44. The first kappa shape index (κ1) is 23.3. The van der Waals surface area contributed by atoms with Crippen molar-refractivity contribution in [2.45, 2.75) is 6.18 Å². The van der Waals surface area contributed by atoms with E-state index in [1.54, 1.807) is 11.0 Å². The van der Waals surface area contributed by atoms with Crippen molar-refractivity contribution in [1.82, 2.24) is 4.90 Å². The normalized spacial score (nSPS) is 14.2. The van der Waals surface area contributed by atoms with Crippen molar-refractivity contribution in [2.24, 2.45) is 0 Å². The molecule has 0 bridgehead atoms. The van der Waals surface area contributed by atoms with E-state index in [1.807, 2.05) is 0 Å². The molecule has 3 rings (SSSR count). The molecule has 1 aliphatic heterocycles. The van der Waals surface area contributed by atoms with Gasteiger partial charge < -0.3 is 14.5 Å². The summed E-state index contributed by atoms with van der Waals surface area (Å²) in [5, 5.41) is 10.6. The Bertz CT molecular complexity index is 1040. The Hall–Kier alpha value is -3.34. The molecule has 0 spiro atoms. The molecule has 1 heterocycles. The Morgan fingerprint density at radius 1 is 1.09 bits per heavy atom. The zero-order valence-electron chi connectivity index (χ0n) is 16.5. The summed E-state index contributed by atoms with van der Waals surface area (Å²) in [6.07, 6.45) is -4.44. The number of piperazine rings is 1. The second kappa shape index (κ2) is 9.43. The number of benzene rings is 2. The molecule has 8 nitrogen and oxygen atoms in total. The maximum atomic E-state index is 12.9. The number of carbonyl (C=O) groups excluding carboxylic acids is 2. The summed E-state index contributed by atoms with van der Waals surface area (Å²) < 4.78 is 43.7. The molecule has 2 aromatic carbocycles. The molecule has 170 valence electrons. The number of nitrogens with zero attached hydrogens (tertiary/aromatic N) is 3. The van der Waals surface area contributed by atoms with Gasteiger partial charge in [0, 0.05) is 44.0 Å². The fourth-order valence-corrected chi connectivity index (χ4v) is 3.42. The fraction of sp³-hybridized carbons (Fsp3) is 0.300. The van der Waals surface area contributed by atoms with Crippen molar-refractivity contribution in [1.29, 1.82) is 0 Å². The van der Waals surface area contributed by atoms with E-state index in [0.29, 0.717) is 18.8 Å². The number of hydrogen-bond donors (Lipinski definition) is 0. The number of rotatable bonds is 5. The van der Waals surface area contributed by atoms with Gasteiger partial charge in [0.1, 0.15) is 0 Å². The van der Waals surface area contributed by atoms with E-state index in [4.69, 9.17) is 16.3 Å². The molecule has 0 saturated carbocycles. The summed E-state index contributed by atoms with van der Waals surface area (Å²) in [6, 6.07) is 8.20. The molecule has 0 aliphatic carbocycles. The Labute approximate surface area is 185 Å². The third kappa shape index (κ3) is 5.47. The molecular weight excluding hydrogens is 455 g/mol. The SMILES string of the molecule is O=C(OCC(=O)N1CCN(c2cccc(C(F)(F)F)c2)CC1)c1ccc([N+](=O)[O-])cc1Cl. The second-order valence-electron chi connectivity index (χ2n) is 6.91. The van der Waals surface area contributed by atoms with Crippen LogP contribution in [0, 0.1) is 10.1 Å². The Balaban J connectivity index is 1.53. The lowest BCUT2D eigenvalue weighted by atomic mass is 10.1. The number of non-ortho nitro benzene ring substituents is 1. The third-order valence-corrected chi connectivity index (χ3v) is 5.19. The Morgan fingerprint density at radius 2 is 1.78 bits per heavy atom.